The first-order chi connectivity index (χ1) is 8.89. The highest BCUT2D eigenvalue weighted by atomic mass is 32.2. The van der Waals surface area contributed by atoms with Gasteiger partial charge in [0.1, 0.15) is 5.88 Å². The Bertz CT molecular complexity index is 399. The van der Waals surface area contributed by atoms with Crippen molar-refractivity contribution < 1.29 is 17.9 Å². The van der Waals surface area contributed by atoms with Crippen LogP contribution in [0.25, 0.3) is 0 Å². The smallest absolute Gasteiger partial charge is 0.424 e. The van der Waals surface area contributed by atoms with Crippen molar-refractivity contribution in [1.29, 1.82) is 0 Å². The SMILES string of the molecule is CCN(C(=O)OC)N1CCCCC1NCS(C)(=O)=O. The maximum absolute atomic E-state index is 11.7. The molecule has 1 N–H and O–H groups in total. The molecule has 1 unspecified atom stereocenters. The van der Waals surface area contributed by atoms with Gasteiger partial charge in [-0.3, -0.25) is 5.32 Å². The molecule has 0 aromatic heterocycles. The van der Waals surface area contributed by atoms with Crippen molar-refractivity contribution in [2.45, 2.75) is 32.4 Å². The highest BCUT2D eigenvalue weighted by molar-refractivity contribution is 7.90. The van der Waals surface area contributed by atoms with Crippen molar-refractivity contribution in [1.82, 2.24) is 15.3 Å². The third-order valence-electron chi connectivity index (χ3n) is 3.05. The summed E-state index contributed by atoms with van der Waals surface area (Å²) >= 11 is 0. The summed E-state index contributed by atoms with van der Waals surface area (Å²) in [5.41, 5.74) is 0. The third kappa shape index (κ3) is 4.96. The van der Waals surface area contributed by atoms with Gasteiger partial charge in [-0.1, -0.05) is 0 Å². The molecule has 1 saturated heterocycles. The second-order valence-electron chi connectivity index (χ2n) is 4.63. The molecule has 0 bridgehead atoms. The Hall–Kier alpha value is -0.860. The maximum atomic E-state index is 11.7. The average Bonchev–Trinajstić information content (AvgIpc) is 2.37. The van der Waals surface area contributed by atoms with Crippen LogP contribution in [-0.4, -0.2) is 63.0 Å². The van der Waals surface area contributed by atoms with Crippen LogP contribution in [0.15, 0.2) is 0 Å². The number of hydrogen-bond acceptors (Lipinski definition) is 6. The van der Waals surface area contributed by atoms with E-state index in [-0.39, 0.29) is 12.0 Å². The largest absolute Gasteiger partial charge is 0.452 e. The second kappa shape index (κ2) is 7.06. The molecule has 1 rings (SSSR count). The van der Waals surface area contributed by atoms with Crippen LogP contribution in [0.2, 0.25) is 0 Å². The van der Waals surface area contributed by atoms with E-state index in [1.54, 1.807) is 0 Å². The Morgan fingerprint density at radius 1 is 1.47 bits per heavy atom. The lowest BCUT2D eigenvalue weighted by atomic mass is 10.1. The summed E-state index contributed by atoms with van der Waals surface area (Å²) < 4.78 is 27.2. The van der Waals surface area contributed by atoms with Crippen molar-refractivity contribution in [3.8, 4) is 0 Å². The molecular weight excluding hydrogens is 270 g/mol. The predicted molar refractivity (Wildman–Crippen MR) is 72.0 cm³/mol. The number of hydrogen-bond donors (Lipinski definition) is 1. The summed E-state index contributed by atoms with van der Waals surface area (Å²) in [6.07, 6.45) is 3.41. The Morgan fingerprint density at radius 3 is 2.68 bits per heavy atom. The van der Waals surface area contributed by atoms with Crippen LogP contribution in [0, 0.1) is 0 Å². The zero-order valence-corrected chi connectivity index (χ0v) is 12.6. The third-order valence-corrected chi connectivity index (χ3v) is 3.74. The summed E-state index contributed by atoms with van der Waals surface area (Å²) in [7, 11) is -1.74. The summed E-state index contributed by atoms with van der Waals surface area (Å²) in [4.78, 5) is 11.7. The molecule has 0 aliphatic carbocycles. The highest BCUT2D eigenvalue weighted by Crippen LogP contribution is 2.18. The van der Waals surface area contributed by atoms with Crippen LogP contribution in [0.5, 0.6) is 0 Å². The van der Waals surface area contributed by atoms with Gasteiger partial charge in [-0.15, -0.1) is 0 Å². The normalized spacial score (nSPS) is 21.1. The number of piperidine rings is 1. The Morgan fingerprint density at radius 2 is 2.16 bits per heavy atom. The van der Waals surface area contributed by atoms with Crippen molar-refractivity contribution in [2.75, 3.05) is 32.3 Å². The number of ether oxygens (including phenoxy) is 1. The number of carbonyl (C=O) groups is 1. The molecule has 1 atom stereocenters. The van der Waals surface area contributed by atoms with Gasteiger partial charge in [0, 0.05) is 19.3 Å². The summed E-state index contributed by atoms with van der Waals surface area (Å²) in [6.45, 7) is 3.06. The average molecular weight is 293 g/mol. The lowest BCUT2D eigenvalue weighted by Crippen LogP contribution is -2.58. The molecule has 112 valence electrons. The number of methoxy groups -OCH3 is 1. The fraction of sp³-hybridized carbons (Fsp3) is 0.909. The van der Waals surface area contributed by atoms with E-state index in [9.17, 15) is 13.2 Å². The first kappa shape index (κ1) is 16.2. The lowest BCUT2D eigenvalue weighted by Gasteiger charge is -2.41. The Labute approximate surface area is 114 Å². The zero-order chi connectivity index (χ0) is 14.5. The Balaban J connectivity index is 2.73. The van der Waals surface area contributed by atoms with E-state index in [0.29, 0.717) is 13.1 Å². The molecule has 8 heteroatoms. The predicted octanol–water partition coefficient (Wildman–Crippen LogP) is 0.393. The molecule has 1 heterocycles. The van der Waals surface area contributed by atoms with E-state index in [2.05, 4.69) is 5.32 Å². The van der Waals surface area contributed by atoms with Gasteiger partial charge in [0.25, 0.3) is 0 Å². The van der Waals surface area contributed by atoms with E-state index < -0.39 is 15.9 Å². The molecule has 1 aliphatic rings. The summed E-state index contributed by atoms with van der Waals surface area (Å²) in [5.74, 6) is -0.0904. The van der Waals surface area contributed by atoms with Crippen LogP contribution in [0.1, 0.15) is 26.2 Å². The number of carbonyl (C=O) groups excluding carboxylic acids is 1. The number of rotatable bonds is 5. The number of nitrogens with one attached hydrogen (secondary N) is 1. The van der Waals surface area contributed by atoms with Gasteiger partial charge in [0.15, 0.2) is 9.84 Å². The fourth-order valence-electron chi connectivity index (χ4n) is 2.18. The van der Waals surface area contributed by atoms with Crippen molar-refractivity contribution in [2.24, 2.45) is 0 Å². The second-order valence-corrected chi connectivity index (χ2v) is 6.77. The summed E-state index contributed by atoms with van der Waals surface area (Å²) in [6, 6.07) is 0. The van der Waals surface area contributed by atoms with Gasteiger partial charge in [-0.05, 0) is 26.2 Å². The van der Waals surface area contributed by atoms with E-state index in [0.717, 1.165) is 19.3 Å². The molecular formula is C11H23N3O4S. The van der Waals surface area contributed by atoms with Gasteiger partial charge in [-0.25, -0.2) is 18.2 Å². The van der Waals surface area contributed by atoms with Crippen molar-refractivity contribution >= 4 is 15.9 Å². The number of nitrogens with zero attached hydrogens (tertiary/aromatic N) is 2. The fourth-order valence-corrected chi connectivity index (χ4v) is 2.68. The van der Waals surface area contributed by atoms with E-state index in [1.165, 1.54) is 18.4 Å². The van der Waals surface area contributed by atoms with Crippen molar-refractivity contribution in [3.05, 3.63) is 0 Å². The first-order valence-electron chi connectivity index (χ1n) is 6.42. The van der Waals surface area contributed by atoms with Crippen LogP contribution in [0.4, 0.5) is 4.79 Å². The number of amides is 1. The van der Waals surface area contributed by atoms with Crippen LogP contribution in [-0.2, 0) is 14.6 Å². The minimum absolute atomic E-state index is 0.0904. The van der Waals surface area contributed by atoms with Crippen molar-refractivity contribution in [3.63, 3.8) is 0 Å². The van der Waals surface area contributed by atoms with Crippen LogP contribution >= 0.6 is 0 Å². The topological polar surface area (TPSA) is 79.0 Å². The van der Waals surface area contributed by atoms with Gasteiger partial charge in [-0.2, -0.15) is 5.01 Å². The molecule has 0 saturated carbocycles. The molecule has 1 amide bonds. The molecule has 0 spiro atoms. The number of sulfone groups is 1. The van der Waals surface area contributed by atoms with Crippen LogP contribution < -0.4 is 5.32 Å². The number of hydrazine groups is 1. The highest BCUT2D eigenvalue weighted by Gasteiger charge is 2.30. The molecule has 0 aromatic carbocycles. The van der Waals surface area contributed by atoms with Gasteiger partial charge in [0.2, 0.25) is 0 Å². The molecule has 0 radical (unpaired) electrons. The van der Waals surface area contributed by atoms with Gasteiger partial charge >= 0.3 is 6.09 Å². The van der Waals surface area contributed by atoms with E-state index in [1.807, 2.05) is 11.9 Å². The standard InChI is InChI=1S/C11H23N3O4S/c1-4-13(11(15)18-2)14-8-6-5-7-10(14)12-9-19(3,16)17/h10,12H,4-9H2,1-3H3. The molecule has 7 nitrogen and oxygen atoms in total. The van der Waals surface area contributed by atoms with Gasteiger partial charge in [0.05, 0.1) is 13.3 Å². The van der Waals surface area contributed by atoms with E-state index in [4.69, 9.17) is 4.74 Å². The quantitative estimate of drug-likeness (QED) is 0.790. The zero-order valence-electron chi connectivity index (χ0n) is 11.8. The minimum atomic E-state index is -3.08. The molecule has 1 fully saturated rings. The maximum Gasteiger partial charge on any atom is 0.424 e. The monoisotopic (exact) mass is 293 g/mol. The minimum Gasteiger partial charge on any atom is -0.452 e. The molecule has 1 aliphatic heterocycles. The van der Waals surface area contributed by atoms with Gasteiger partial charge < -0.3 is 4.74 Å². The Kier molecular flexibility index (Phi) is 6.02. The molecule has 19 heavy (non-hydrogen) atoms. The molecule has 0 aromatic rings. The first-order valence-corrected chi connectivity index (χ1v) is 8.48. The lowest BCUT2D eigenvalue weighted by molar-refractivity contribution is -0.0683. The van der Waals surface area contributed by atoms with Crippen LogP contribution in [0.3, 0.4) is 0 Å². The van der Waals surface area contributed by atoms with E-state index >= 15 is 0 Å². The summed E-state index contributed by atoms with van der Waals surface area (Å²) in [5, 5.41) is 6.37.